The topological polar surface area (TPSA) is 138 Å². The SMILES string of the molecule is CCCCCCCC/C=C\CCCCCCCC[P+]([O-])([O-])[O-].CCCCCCCC/C=C\CCCCCCCC[P+]([O-])([O-])[O-].[Ca+2].[Ca+2].[Ca+2]. The Balaban J connectivity index is -0.000000235. The molecule has 0 aliphatic carbocycles. The molecule has 6 nitrogen and oxygen atoms in total. The van der Waals surface area contributed by atoms with Crippen LogP contribution >= 0.6 is 15.9 Å². The number of unbranched alkanes of at least 4 members (excludes halogenated alkanes) is 24. The second kappa shape index (κ2) is 47.9. The Morgan fingerprint density at radius 3 is 0.702 bits per heavy atom. The van der Waals surface area contributed by atoms with Crippen molar-refractivity contribution in [3.05, 3.63) is 24.3 Å². The van der Waals surface area contributed by atoms with E-state index in [1.54, 1.807) is 0 Å². The molecule has 0 aromatic heterocycles. The molecule has 0 aromatic carbocycles. The van der Waals surface area contributed by atoms with Crippen molar-refractivity contribution in [2.45, 2.75) is 194 Å². The van der Waals surface area contributed by atoms with Gasteiger partial charge in [0.1, 0.15) is 0 Å². The van der Waals surface area contributed by atoms with Crippen molar-refractivity contribution in [2.24, 2.45) is 0 Å². The minimum Gasteiger partial charge on any atom is -0.688 e. The van der Waals surface area contributed by atoms with E-state index in [9.17, 15) is 29.4 Å². The van der Waals surface area contributed by atoms with Gasteiger partial charge in [-0.1, -0.05) is 141 Å². The van der Waals surface area contributed by atoms with Crippen molar-refractivity contribution in [2.75, 3.05) is 12.3 Å². The zero-order chi connectivity index (χ0) is 33.0. The third-order valence-corrected chi connectivity index (χ3v) is 9.62. The van der Waals surface area contributed by atoms with E-state index in [1.165, 1.54) is 116 Å². The van der Waals surface area contributed by atoms with Gasteiger partial charge in [0.2, 0.25) is 0 Å². The monoisotopic (exact) mass is 780 g/mol. The van der Waals surface area contributed by atoms with Crippen molar-refractivity contribution in [3.63, 3.8) is 0 Å². The van der Waals surface area contributed by atoms with Crippen LogP contribution in [-0.2, 0) is 0 Å². The Labute approximate surface area is 383 Å². The van der Waals surface area contributed by atoms with Gasteiger partial charge in [-0.3, -0.25) is 0 Å². The van der Waals surface area contributed by atoms with Crippen molar-refractivity contribution >= 4 is 129 Å². The average Bonchev–Trinajstić information content (AvgIpc) is 2.96. The van der Waals surface area contributed by atoms with Gasteiger partial charge in [-0.25, -0.2) is 0 Å². The van der Waals surface area contributed by atoms with E-state index in [2.05, 4.69) is 38.2 Å². The molecule has 0 bridgehead atoms. The van der Waals surface area contributed by atoms with E-state index in [0.29, 0.717) is 12.8 Å². The Morgan fingerprint density at radius 1 is 0.298 bits per heavy atom. The number of rotatable bonds is 32. The second-order valence-corrected chi connectivity index (χ2v) is 15.9. The van der Waals surface area contributed by atoms with E-state index in [-0.39, 0.29) is 126 Å². The van der Waals surface area contributed by atoms with E-state index >= 15 is 0 Å². The molecule has 0 unspecified atom stereocenters. The van der Waals surface area contributed by atoms with E-state index in [4.69, 9.17) is 0 Å². The Bertz CT molecular complexity index is 567. The molecule has 264 valence electrons. The van der Waals surface area contributed by atoms with Gasteiger partial charge in [0.15, 0.2) is 0 Å². The summed E-state index contributed by atoms with van der Waals surface area (Å²) in [5, 5.41) is 0. The molecule has 11 heteroatoms. The first-order valence-electron chi connectivity index (χ1n) is 18.4. The molecule has 0 fully saturated rings. The fourth-order valence-electron chi connectivity index (χ4n) is 5.11. The molecule has 0 radical (unpaired) electrons. The summed E-state index contributed by atoms with van der Waals surface area (Å²) in [4.78, 5) is 62.7. The van der Waals surface area contributed by atoms with E-state index in [1.807, 2.05) is 0 Å². The molecular formula is C36H70Ca3O6P2+2. The third-order valence-electron chi connectivity index (χ3n) is 7.89. The standard InChI is InChI=1S/2C18H37O3P.3Ca/c2*1-2-3-4-5-6-7-8-9-10-11-12-13-14-15-16-17-18-22(19,20)21;;;/h2*9-10H,2-8,11-18H2,1H3,(H2,19,20,21);;;/q;;3*+2/p-4/b2*10-9-;;;. The molecule has 0 spiro atoms. The summed E-state index contributed by atoms with van der Waals surface area (Å²) in [6.45, 7) is 4.50. The molecule has 47 heavy (non-hydrogen) atoms. The zero-order valence-corrected chi connectivity index (χ0v) is 39.4. The maximum Gasteiger partial charge on any atom is 2.00 e. The van der Waals surface area contributed by atoms with Gasteiger partial charge >= 0.3 is 113 Å². The molecule has 0 aliphatic rings. The smallest absolute Gasteiger partial charge is 0.688 e. The molecule has 0 saturated carbocycles. The van der Waals surface area contributed by atoms with Crippen molar-refractivity contribution in [1.29, 1.82) is 0 Å². The largest absolute Gasteiger partial charge is 2.00 e. The first kappa shape index (κ1) is 60.1. The average molecular weight is 781 g/mol. The normalized spacial score (nSPS) is 11.6. The third kappa shape index (κ3) is 65.2. The van der Waals surface area contributed by atoms with Gasteiger partial charge < -0.3 is 29.4 Å². The van der Waals surface area contributed by atoms with Crippen LogP contribution in [0.4, 0.5) is 0 Å². The Hall–Kier alpha value is 3.88. The minimum atomic E-state index is -4.26. The van der Waals surface area contributed by atoms with Crippen LogP contribution in [0.1, 0.15) is 194 Å². The van der Waals surface area contributed by atoms with Crippen LogP contribution in [0.15, 0.2) is 24.3 Å². The number of hydrogen-bond acceptors (Lipinski definition) is 6. The fourth-order valence-corrected chi connectivity index (χ4v) is 6.33. The summed E-state index contributed by atoms with van der Waals surface area (Å²) >= 11 is 0. The van der Waals surface area contributed by atoms with E-state index < -0.39 is 15.9 Å². The minimum absolute atomic E-state index is 0. The quantitative estimate of drug-likeness (QED) is 0.0327. The number of hydrogen-bond donors (Lipinski definition) is 0. The fraction of sp³-hybridized carbons (Fsp3) is 0.889. The van der Waals surface area contributed by atoms with Crippen LogP contribution in [-0.4, -0.2) is 126 Å². The number of allylic oxidation sites excluding steroid dienone is 4. The van der Waals surface area contributed by atoms with Gasteiger partial charge in [0.25, 0.3) is 0 Å². The van der Waals surface area contributed by atoms with Crippen LogP contribution in [0, 0.1) is 0 Å². The molecule has 0 amide bonds. The van der Waals surface area contributed by atoms with Gasteiger partial charge in [-0.05, 0) is 77.0 Å². The molecule has 0 aliphatic heterocycles. The van der Waals surface area contributed by atoms with Gasteiger partial charge in [-0.15, -0.1) is 0 Å². The van der Waals surface area contributed by atoms with E-state index in [0.717, 1.165) is 51.4 Å². The van der Waals surface area contributed by atoms with Crippen LogP contribution in [0.3, 0.4) is 0 Å². The summed E-state index contributed by atoms with van der Waals surface area (Å²) in [5.41, 5.74) is 0. The molecule has 0 atom stereocenters. The molecular weight excluding hydrogens is 711 g/mol. The maximum atomic E-state index is 10.4. The Morgan fingerprint density at radius 2 is 0.489 bits per heavy atom. The van der Waals surface area contributed by atoms with Crippen LogP contribution < -0.4 is 29.4 Å². The Kier molecular flexibility index (Phi) is 61.3. The summed E-state index contributed by atoms with van der Waals surface area (Å²) in [7, 11) is -8.53. The predicted octanol–water partition coefficient (Wildman–Crippen LogP) is 6.59. The summed E-state index contributed by atoms with van der Waals surface area (Å²) < 4.78 is 0. The van der Waals surface area contributed by atoms with Crippen LogP contribution in [0.25, 0.3) is 0 Å². The van der Waals surface area contributed by atoms with Gasteiger partial charge in [-0.2, -0.15) is 15.9 Å². The summed E-state index contributed by atoms with van der Waals surface area (Å²) in [6, 6.07) is 0. The van der Waals surface area contributed by atoms with Crippen LogP contribution in [0.2, 0.25) is 0 Å². The van der Waals surface area contributed by atoms with Crippen molar-refractivity contribution in [1.82, 2.24) is 0 Å². The zero-order valence-electron chi connectivity index (χ0n) is 31.0. The predicted molar refractivity (Wildman–Crippen MR) is 200 cm³/mol. The first-order chi connectivity index (χ1) is 21.1. The summed E-state index contributed by atoms with van der Waals surface area (Å²) in [5.74, 6) is 0. The molecule has 0 rings (SSSR count). The van der Waals surface area contributed by atoms with Gasteiger partial charge in [0, 0.05) is 12.3 Å². The van der Waals surface area contributed by atoms with Crippen LogP contribution in [0.5, 0.6) is 0 Å². The molecule has 0 saturated heterocycles. The van der Waals surface area contributed by atoms with Gasteiger partial charge in [0.05, 0.1) is 0 Å². The molecule has 0 N–H and O–H groups in total. The summed E-state index contributed by atoms with van der Waals surface area (Å²) in [6.07, 6.45) is 42.0. The maximum absolute atomic E-state index is 10.4. The molecule has 0 aromatic rings. The van der Waals surface area contributed by atoms with Crippen molar-refractivity contribution < 1.29 is 29.4 Å². The second-order valence-electron chi connectivity index (χ2n) is 12.5. The molecule has 0 heterocycles. The first-order valence-corrected chi connectivity index (χ1v) is 21.9. The van der Waals surface area contributed by atoms with Crippen molar-refractivity contribution in [3.8, 4) is 0 Å².